The average molecular weight is 615 g/mol. The van der Waals surface area contributed by atoms with E-state index in [0.29, 0.717) is 41.8 Å². The zero-order chi connectivity index (χ0) is 31.3. The highest BCUT2D eigenvalue weighted by Crippen LogP contribution is 2.42. The highest BCUT2D eigenvalue weighted by molar-refractivity contribution is 6.16. The molecule has 2 aliphatic heterocycles. The molecule has 0 atom stereocenters. The zero-order valence-corrected chi connectivity index (χ0v) is 26.8. The highest BCUT2D eigenvalue weighted by atomic mass is 16.5. The standard InChI is InChI=1S/C35H46N6O4/c1-36-13-14-37-35(43)38-25-9-12-31-29(21-25)34(42)32(45-31)23-28-27-22-26(44-3)10-11-30(27)41(33(28)24-7-5-4-6-8-24)20-19-40-17-15-39(2)16-18-40/h9-12,21-24,36H,4-8,13-20H2,1-3H3,(H2,37,38,43)/b32-23-. The number of ketones is 1. The Hall–Kier alpha value is -3.86. The van der Waals surface area contributed by atoms with Gasteiger partial charge in [-0.1, -0.05) is 19.3 Å². The molecule has 2 aromatic carbocycles. The SMILES string of the molecule is CNCCNC(=O)Nc1ccc2c(c1)C(=O)/C(=C/c1c(C3CCCCC3)n(CCN3CCN(C)CC3)c3ccc(OC)cc13)O2. The smallest absolute Gasteiger partial charge is 0.319 e. The topological polar surface area (TPSA) is 100 Å². The van der Waals surface area contributed by atoms with Crippen LogP contribution >= 0.6 is 0 Å². The number of anilines is 1. The van der Waals surface area contributed by atoms with Gasteiger partial charge in [-0.05, 0) is 75.3 Å². The molecule has 0 spiro atoms. The fourth-order valence-electron chi connectivity index (χ4n) is 6.90. The van der Waals surface area contributed by atoms with Crippen molar-refractivity contribution in [1.29, 1.82) is 0 Å². The van der Waals surface area contributed by atoms with Crippen molar-refractivity contribution < 1.29 is 19.1 Å². The van der Waals surface area contributed by atoms with E-state index in [4.69, 9.17) is 9.47 Å². The maximum Gasteiger partial charge on any atom is 0.319 e. The number of urea groups is 1. The summed E-state index contributed by atoms with van der Waals surface area (Å²) in [4.78, 5) is 31.1. The molecule has 10 heteroatoms. The van der Waals surface area contributed by atoms with Gasteiger partial charge in [-0.3, -0.25) is 9.69 Å². The van der Waals surface area contributed by atoms with Crippen LogP contribution in [-0.4, -0.2) is 93.2 Å². The summed E-state index contributed by atoms with van der Waals surface area (Å²) >= 11 is 0. The molecule has 0 unspecified atom stereocenters. The lowest BCUT2D eigenvalue weighted by Crippen LogP contribution is -2.45. The summed E-state index contributed by atoms with van der Waals surface area (Å²) in [6, 6.07) is 11.2. The largest absolute Gasteiger partial charge is 0.497 e. The molecular weight excluding hydrogens is 568 g/mol. The van der Waals surface area contributed by atoms with E-state index in [-0.39, 0.29) is 11.8 Å². The lowest BCUT2D eigenvalue weighted by Gasteiger charge is -2.33. The molecule has 3 aromatic rings. The highest BCUT2D eigenvalue weighted by Gasteiger charge is 2.31. The van der Waals surface area contributed by atoms with Gasteiger partial charge in [0.1, 0.15) is 11.5 Å². The van der Waals surface area contributed by atoms with Gasteiger partial charge in [0.15, 0.2) is 5.76 Å². The van der Waals surface area contributed by atoms with Crippen molar-refractivity contribution in [2.45, 2.75) is 44.6 Å². The predicted molar refractivity (Wildman–Crippen MR) is 179 cm³/mol. The molecule has 6 rings (SSSR count). The Labute approximate surface area is 265 Å². The minimum absolute atomic E-state index is 0.180. The molecule has 3 aliphatic rings. The molecule has 1 saturated carbocycles. The number of hydrogen-bond acceptors (Lipinski definition) is 7. The molecule has 45 heavy (non-hydrogen) atoms. The van der Waals surface area contributed by atoms with Gasteiger partial charge in [0.05, 0.1) is 12.7 Å². The summed E-state index contributed by atoms with van der Waals surface area (Å²) in [7, 11) is 5.72. The summed E-state index contributed by atoms with van der Waals surface area (Å²) in [6.07, 6.45) is 7.92. The number of allylic oxidation sites excluding steroid dienone is 1. The van der Waals surface area contributed by atoms with Crippen molar-refractivity contribution in [3.63, 3.8) is 0 Å². The maximum atomic E-state index is 13.8. The Balaban J connectivity index is 1.35. The molecule has 1 aliphatic carbocycles. The van der Waals surface area contributed by atoms with Gasteiger partial charge in [-0.2, -0.15) is 0 Å². The van der Waals surface area contributed by atoms with Crippen LogP contribution in [0.5, 0.6) is 11.5 Å². The van der Waals surface area contributed by atoms with Gasteiger partial charge in [-0.25, -0.2) is 4.79 Å². The Bertz CT molecular complexity index is 1570. The summed E-state index contributed by atoms with van der Waals surface area (Å²) < 4.78 is 14.4. The van der Waals surface area contributed by atoms with Crippen LogP contribution in [0.4, 0.5) is 10.5 Å². The minimum Gasteiger partial charge on any atom is -0.497 e. The molecule has 3 N–H and O–H groups in total. The van der Waals surface area contributed by atoms with Crippen molar-refractivity contribution in [2.24, 2.45) is 0 Å². The van der Waals surface area contributed by atoms with Crippen LogP contribution in [0.1, 0.15) is 59.6 Å². The van der Waals surface area contributed by atoms with Gasteiger partial charge >= 0.3 is 6.03 Å². The lowest BCUT2D eigenvalue weighted by atomic mass is 9.85. The summed E-state index contributed by atoms with van der Waals surface area (Å²) in [5.41, 5.74) is 4.50. The molecule has 2 fully saturated rings. The van der Waals surface area contributed by atoms with E-state index in [1.165, 1.54) is 25.0 Å². The zero-order valence-electron chi connectivity index (χ0n) is 26.8. The van der Waals surface area contributed by atoms with Crippen LogP contribution in [0.2, 0.25) is 0 Å². The van der Waals surface area contributed by atoms with Gasteiger partial charge in [0, 0.05) is 80.2 Å². The number of hydrogen-bond donors (Lipinski definition) is 3. The second-order valence-electron chi connectivity index (χ2n) is 12.4. The number of ether oxygens (including phenoxy) is 2. The van der Waals surface area contributed by atoms with Gasteiger partial charge in [0.2, 0.25) is 5.78 Å². The van der Waals surface area contributed by atoms with Crippen LogP contribution in [-0.2, 0) is 6.54 Å². The number of carbonyl (C=O) groups is 2. The number of methoxy groups -OCH3 is 1. The Morgan fingerprint density at radius 2 is 1.82 bits per heavy atom. The van der Waals surface area contributed by atoms with E-state index in [2.05, 4.69) is 49.5 Å². The number of amides is 2. The third-order valence-corrected chi connectivity index (χ3v) is 9.44. The fourth-order valence-corrected chi connectivity index (χ4v) is 6.90. The number of benzene rings is 2. The Morgan fingerprint density at radius 1 is 1.02 bits per heavy atom. The van der Waals surface area contributed by atoms with Crippen LogP contribution < -0.4 is 25.4 Å². The summed E-state index contributed by atoms with van der Waals surface area (Å²) in [5.74, 6) is 1.83. The van der Waals surface area contributed by atoms with Crippen LogP contribution in [0.3, 0.4) is 0 Å². The third-order valence-electron chi connectivity index (χ3n) is 9.44. The first kappa shape index (κ1) is 31.1. The van der Waals surface area contributed by atoms with Crippen LogP contribution in [0, 0.1) is 0 Å². The molecule has 240 valence electrons. The van der Waals surface area contributed by atoms with E-state index >= 15 is 0 Å². The number of carbonyl (C=O) groups excluding carboxylic acids is 2. The van der Waals surface area contributed by atoms with Gasteiger partial charge in [-0.15, -0.1) is 0 Å². The number of aromatic nitrogens is 1. The van der Waals surface area contributed by atoms with Gasteiger partial charge < -0.3 is 34.9 Å². The predicted octanol–water partition coefficient (Wildman–Crippen LogP) is 4.90. The monoisotopic (exact) mass is 614 g/mol. The summed E-state index contributed by atoms with van der Waals surface area (Å²) in [6.45, 7) is 7.38. The van der Waals surface area contributed by atoms with E-state index in [9.17, 15) is 9.59 Å². The van der Waals surface area contributed by atoms with E-state index in [0.717, 1.165) is 74.3 Å². The van der Waals surface area contributed by atoms with E-state index in [1.54, 1.807) is 25.3 Å². The molecule has 1 saturated heterocycles. The number of likely N-dealkylation sites (N-methyl/N-ethyl adjacent to an activating group) is 2. The first-order chi connectivity index (χ1) is 21.9. The average Bonchev–Trinajstić information content (AvgIpc) is 3.54. The van der Waals surface area contributed by atoms with Crippen molar-refractivity contribution in [1.82, 2.24) is 25.0 Å². The quantitative estimate of drug-likeness (QED) is 0.221. The van der Waals surface area contributed by atoms with E-state index < -0.39 is 0 Å². The lowest BCUT2D eigenvalue weighted by molar-refractivity contribution is 0.101. The second kappa shape index (κ2) is 14.1. The molecular formula is C35H46N6O4. The van der Waals surface area contributed by atoms with Crippen molar-refractivity contribution in [3.8, 4) is 11.5 Å². The molecule has 10 nitrogen and oxygen atoms in total. The van der Waals surface area contributed by atoms with Crippen molar-refractivity contribution in [3.05, 3.63) is 59.0 Å². The fraction of sp³-hybridized carbons (Fsp3) is 0.486. The van der Waals surface area contributed by atoms with Crippen LogP contribution in [0.15, 0.2) is 42.2 Å². The maximum absolute atomic E-state index is 13.8. The molecule has 1 aromatic heterocycles. The number of Topliss-reactive ketones (excluding diaryl/α,β-unsaturated/α-hetero) is 1. The summed E-state index contributed by atoms with van der Waals surface area (Å²) in [5, 5.41) is 9.69. The Kier molecular flexibility index (Phi) is 9.73. The number of nitrogens with zero attached hydrogens (tertiary/aromatic N) is 3. The van der Waals surface area contributed by atoms with Crippen LogP contribution in [0.25, 0.3) is 17.0 Å². The third kappa shape index (κ3) is 6.88. The van der Waals surface area contributed by atoms with Crippen molar-refractivity contribution in [2.75, 3.05) is 72.3 Å². The number of nitrogens with one attached hydrogen (secondary N) is 3. The molecule has 0 bridgehead atoms. The molecule has 3 heterocycles. The minimum atomic E-state index is -0.317. The second-order valence-corrected chi connectivity index (χ2v) is 12.4. The number of fused-ring (bicyclic) bond motifs is 2. The molecule has 0 radical (unpaired) electrons. The normalized spacial score (nSPS) is 18.7. The molecule has 2 amide bonds. The van der Waals surface area contributed by atoms with E-state index in [1.807, 2.05) is 19.2 Å². The first-order valence-electron chi connectivity index (χ1n) is 16.3. The number of rotatable bonds is 10. The Morgan fingerprint density at radius 3 is 2.58 bits per heavy atom. The number of piperazine rings is 1. The first-order valence-corrected chi connectivity index (χ1v) is 16.3. The van der Waals surface area contributed by atoms with Gasteiger partial charge in [0.25, 0.3) is 0 Å². The van der Waals surface area contributed by atoms with Crippen molar-refractivity contribution >= 4 is 34.5 Å².